The molecule has 0 aliphatic carbocycles. The van der Waals surface area contributed by atoms with Crippen LogP contribution in [0.25, 0.3) is 10.9 Å². The fourth-order valence-electron chi connectivity index (χ4n) is 3.41. The standard InChI is InChI=1S/C20H18BrN5/c21-16-6-7-19-18(10-16)20(24-14-23-19)26-9-8-25(17(11-22)13-26)12-15-4-2-1-3-5-15/h1-7,10,14,17H,8-9,12-13H2. The zero-order valence-electron chi connectivity index (χ0n) is 14.2. The Morgan fingerprint density at radius 2 is 1.96 bits per heavy atom. The van der Waals surface area contributed by atoms with Crippen molar-refractivity contribution in [2.45, 2.75) is 12.6 Å². The third kappa shape index (κ3) is 3.41. The Morgan fingerprint density at radius 3 is 2.77 bits per heavy atom. The number of rotatable bonds is 3. The summed E-state index contributed by atoms with van der Waals surface area (Å²) in [6, 6.07) is 18.6. The van der Waals surface area contributed by atoms with Crippen LogP contribution in [0.5, 0.6) is 0 Å². The number of piperazine rings is 1. The van der Waals surface area contributed by atoms with Crippen molar-refractivity contribution in [1.82, 2.24) is 14.9 Å². The van der Waals surface area contributed by atoms with Crippen molar-refractivity contribution >= 4 is 32.7 Å². The molecule has 0 spiro atoms. The molecule has 0 N–H and O–H groups in total. The quantitative estimate of drug-likeness (QED) is 0.663. The Hall–Kier alpha value is -2.49. The molecule has 1 saturated heterocycles. The largest absolute Gasteiger partial charge is 0.352 e. The second-order valence-electron chi connectivity index (χ2n) is 6.41. The van der Waals surface area contributed by atoms with E-state index in [0.29, 0.717) is 6.54 Å². The Labute approximate surface area is 161 Å². The summed E-state index contributed by atoms with van der Waals surface area (Å²) in [6.07, 6.45) is 1.60. The minimum Gasteiger partial charge on any atom is -0.352 e. The van der Waals surface area contributed by atoms with Crippen LogP contribution in [0.1, 0.15) is 5.56 Å². The van der Waals surface area contributed by atoms with Gasteiger partial charge in [-0.3, -0.25) is 4.90 Å². The first-order valence-electron chi connectivity index (χ1n) is 8.57. The van der Waals surface area contributed by atoms with Gasteiger partial charge in [-0.05, 0) is 23.8 Å². The number of anilines is 1. The zero-order chi connectivity index (χ0) is 17.9. The average Bonchev–Trinajstić information content (AvgIpc) is 2.68. The van der Waals surface area contributed by atoms with Crippen LogP contribution in [0, 0.1) is 11.3 Å². The van der Waals surface area contributed by atoms with Gasteiger partial charge in [-0.15, -0.1) is 0 Å². The molecule has 5 nitrogen and oxygen atoms in total. The number of nitrogens with zero attached hydrogens (tertiary/aromatic N) is 5. The summed E-state index contributed by atoms with van der Waals surface area (Å²) in [6.45, 7) is 3.10. The molecule has 1 fully saturated rings. The number of fused-ring (bicyclic) bond motifs is 1. The molecule has 1 aliphatic heterocycles. The Morgan fingerprint density at radius 1 is 1.12 bits per heavy atom. The molecule has 2 aromatic carbocycles. The van der Waals surface area contributed by atoms with E-state index in [9.17, 15) is 5.26 Å². The third-order valence-electron chi connectivity index (χ3n) is 4.74. The van der Waals surface area contributed by atoms with Crippen molar-refractivity contribution in [3.8, 4) is 6.07 Å². The molecule has 26 heavy (non-hydrogen) atoms. The van der Waals surface area contributed by atoms with Crippen LogP contribution in [-0.4, -0.2) is 40.5 Å². The molecule has 6 heteroatoms. The van der Waals surface area contributed by atoms with Crippen molar-refractivity contribution in [2.24, 2.45) is 0 Å². The first-order chi connectivity index (χ1) is 12.7. The van der Waals surface area contributed by atoms with Crippen LogP contribution in [0.4, 0.5) is 5.82 Å². The molecule has 1 atom stereocenters. The minimum absolute atomic E-state index is 0.166. The van der Waals surface area contributed by atoms with Gasteiger partial charge in [-0.2, -0.15) is 5.26 Å². The van der Waals surface area contributed by atoms with Gasteiger partial charge in [-0.25, -0.2) is 9.97 Å². The molecule has 0 amide bonds. The highest BCUT2D eigenvalue weighted by Gasteiger charge is 2.28. The van der Waals surface area contributed by atoms with E-state index in [2.05, 4.69) is 53.9 Å². The van der Waals surface area contributed by atoms with E-state index in [-0.39, 0.29) is 6.04 Å². The monoisotopic (exact) mass is 407 g/mol. The third-order valence-corrected chi connectivity index (χ3v) is 5.24. The van der Waals surface area contributed by atoms with E-state index in [0.717, 1.165) is 40.8 Å². The smallest absolute Gasteiger partial charge is 0.140 e. The van der Waals surface area contributed by atoms with Gasteiger partial charge in [0.05, 0.1) is 11.6 Å². The van der Waals surface area contributed by atoms with Crippen LogP contribution in [0.2, 0.25) is 0 Å². The predicted octanol–water partition coefficient (Wildman–Crippen LogP) is 3.61. The van der Waals surface area contributed by atoms with Crippen molar-refractivity contribution < 1.29 is 0 Å². The Kier molecular flexibility index (Phi) is 4.83. The van der Waals surface area contributed by atoms with Gasteiger partial charge in [0, 0.05) is 36.0 Å². The van der Waals surface area contributed by atoms with Gasteiger partial charge in [-0.1, -0.05) is 46.3 Å². The topological polar surface area (TPSA) is 56.1 Å². The summed E-state index contributed by atoms with van der Waals surface area (Å²) in [5.41, 5.74) is 2.15. The van der Waals surface area contributed by atoms with Gasteiger partial charge in [0.1, 0.15) is 18.2 Å². The van der Waals surface area contributed by atoms with Crippen molar-refractivity contribution in [3.63, 3.8) is 0 Å². The Bertz CT molecular complexity index is 953. The fraction of sp³-hybridized carbons (Fsp3) is 0.250. The summed E-state index contributed by atoms with van der Waals surface area (Å²) in [5.74, 6) is 0.899. The second-order valence-corrected chi connectivity index (χ2v) is 7.32. The fourth-order valence-corrected chi connectivity index (χ4v) is 3.77. The second kappa shape index (κ2) is 7.40. The average molecular weight is 408 g/mol. The van der Waals surface area contributed by atoms with Crippen molar-refractivity contribution in [1.29, 1.82) is 5.26 Å². The summed E-state index contributed by atoms with van der Waals surface area (Å²) in [5, 5.41) is 10.7. The molecule has 130 valence electrons. The van der Waals surface area contributed by atoms with Crippen molar-refractivity contribution in [3.05, 3.63) is 64.9 Å². The number of benzene rings is 2. The van der Waals surface area contributed by atoms with E-state index in [1.807, 2.05) is 36.4 Å². The van der Waals surface area contributed by atoms with E-state index >= 15 is 0 Å². The van der Waals surface area contributed by atoms with Gasteiger partial charge in [0.25, 0.3) is 0 Å². The number of hydrogen-bond donors (Lipinski definition) is 0. The van der Waals surface area contributed by atoms with Crippen LogP contribution >= 0.6 is 15.9 Å². The normalized spacial score (nSPS) is 18.0. The van der Waals surface area contributed by atoms with Crippen LogP contribution in [0.3, 0.4) is 0 Å². The number of hydrogen-bond acceptors (Lipinski definition) is 5. The maximum absolute atomic E-state index is 9.70. The molecule has 2 heterocycles. The molecular weight excluding hydrogens is 390 g/mol. The van der Waals surface area contributed by atoms with Gasteiger partial charge in [0.15, 0.2) is 0 Å². The highest BCUT2D eigenvalue weighted by Crippen LogP contribution is 2.28. The Balaban J connectivity index is 1.58. The van der Waals surface area contributed by atoms with Crippen molar-refractivity contribution in [2.75, 3.05) is 24.5 Å². The van der Waals surface area contributed by atoms with E-state index in [1.54, 1.807) is 6.33 Å². The van der Waals surface area contributed by atoms with Gasteiger partial charge in [0.2, 0.25) is 0 Å². The number of nitriles is 1. The summed E-state index contributed by atoms with van der Waals surface area (Å²) in [4.78, 5) is 13.3. The first kappa shape index (κ1) is 17.0. The zero-order valence-corrected chi connectivity index (χ0v) is 15.8. The van der Waals surface area contributed by atoms with E-state index < -0.39 is 0 Å². The summed E-state index contributed by atoms with van der Waals surface area (Å²) in [7, 11) is 0. The molecular formula is C20H18BrN5. The predicted molar refractivity (Wildman–Crippen MR) is 106 cm³/mol. The molecule has 3 aromatic rings. The molecule has 1 aliphatic rings. The highest BCUT2D eigenvalue weighted by atomic mass is 79.9. The van der Waals surface area contributed by atoms with E-state index in [1.165, 1.54) is 5.56 Å². The highest BCUT2D eigenvalue weighted by molar-refractivity contribution is 9.10. The molecule has 4 rings (SSSR count). The van der Waals surface area contributed by atoms with Gasteiger partial charge >= 0.3 is 0 Å². The lowest BCUT2D eigenvalue weighted by Crippen LogP contribution is -2.52. The van der Waals surface area contributed by atoms with Crippen LogP contribution in [-0.2, 0) is 6.54 Å². The minimum atomic E-state index is -0.166. The lowest BCUT2D eigenvalue weighted by molar-refractivity contribution is 0.205. The SMILES string of the molecule is N#CC1CN(c2ncnc3ccc(Br)cc23)CCN1Cc1ccccc1. The number of halogens is 1. The molecule has 1 unspecified atom stereocenters. The maximum Gasteiger partial charge on any atom is 0.140 e. The molecule has 1 aromatic heterocycles. The van der Waals surface area contributed by atoms with Crippen LogP contribution < -0.4 is 4.90 Å². The first-order valence-corrected chi connectivity index (χ1v) is 9.37. The summed E-state index contributed by atoms with van der Waals surface area (Å²) >= 11 is 3.53. The molecule has 0 radical (unpaired) electrons. The molecule has 0 bridgehead atoms. The van der Waals surface area contributed by atoms with E-state index in [4.69, 9.17) is 0 Å². The summed E-state index contributed by atoms with van der Waals surface area (Å²) < 4.78 is 1.00. The lowest BCUT2D eigenvalue weighted by Gasteiger charge is -2.39. The van der Waals surface area contributed by atoms with Gasteiger partial charge < -0.3 is 4.90 Å². The van der Waals surface area contributed by atoms with Crippen LogP contribution in [0.15, 0.2) is 59.3 Å². The number of aromatic nitrogens is 2. The lowest BCUT2D eigenvalue weighted by atomic mass is 10.1. The maximum atomic E-state index is 9.70. The molecule has 0 saturated carbocycles.